The molecule has 3 aromatic rings. The van der Waals surface area contributed by atoms with Gasteiger partial charge in [0.25, 0.3) is 0 Å². The van der Waals surface area contributed by atoms with Gasteiger partial charge in [-0.2, -0.15) is 0 Å². The van der Waals surface area contributed by atoms with Crippen molar-refractivity contribution < 1.29 is 19.7 Å². The highest BCUT2D eigenvalue weighted by Crippen LogP contribution is 2.45. The zero-order chi connectivity index (χ0) is 27.3. The number of aromatic nitrogens is 1. The number of hydrogen-bond donors (Lipinski definition) is 3. The van der Waals surface area contributed by atoms with Gasteiger partial charge in [-0.25, -0.2) is 0 Å². The van der Waals surface area contributed by atoms with E-state index in [1.165, 1.54) is 32.1 Å². The molecule has 2 aromatic carbocycles. The first-order valence-electron chi connectivity index (χ1n) is 13.9. The molecule has 1 aliphatic rings. The lowest BCUT2D eigenvalue weighted by molar-refractivity contribution is -0.00835. The van der Waals surface area contributed by atoms with Crippen molar-refractivity contribution in [2.45, 2.75) is 97.5 Å². The van der Waals surface area contributed by atoms with Crippen LogP contribution < -0.4 is 14.3 Å². The van der Waals surface area contributed by atoms with Crippen LogP contribution in [0.25, 0.3) is 0 Å². The molecular weight excluding hydrogens is 498 g/mol. The molecule has 38 heavy (non-hydrogen) atoms. The van der Waals surface area contributed by atoms with Crippen LogP contribution in [0.15, 0.2) is 29.1 Å². The Bertz CT molecular complexity index is 1290. The number of hydrogen-bond acceptors (Lipinski definition) is 6. The Morgan fingerprint density at radius 1 is 1.00 bits per heavy atom. The Kier molecular flexibility index (Phi) is 9.08. The second-order valence-corrected chi connectivity index (χ2v) is 11.8. The third-order valence-electron chi connectivity index (χ3n) is 7.97. The van der Waals surface area contributed by atoms with Crippen LogP contribution >= 0.6 is 11.3 Å². The summed E-state index contributed by atoms with van der Waals surface area (Å²) in [5.74, 6) is 2.01. The van der Waals surface area contributed by atoms with Crippen molar-refractivity contribution in [3.8, 4) is 23.1 Å². The second kappa shape index (κ2) is 12.3. The number of thiazole rings is 1. The largest absolute Gasteiger partial charge is 0.507 e. The molecule has 6 nitrogen and oxygen atoms in total. The van der Waals surface area contributed by atoms with Gasteiger partial charge in [-0.3, -0.25) is 9.78 Å². The maximum Gasteiger partial charge on any atom is 0.307 e. The molecule has 1 aliphatic heterocycles. The third kappa shape index (κ3) is 6.37. The zero-order valence-electron chi connectivity index (χ0n) is 23.1. The number of ether oxygens (including phenoxy) is 2. The number of phenols is 1. The van der Waals surface area contributed by atoms with Gasteiger partial charge in [-0.05, 0) is 80.8 Å². The average Bonchev–Trinajstić information content (AvgIpc) is 3.23. The summed E-state index contributed by atoms with van der Waals surface area (Å²) in [6.07, 6.45) is 10.5. The fourth-order valence-corrected chi connectivity index (χ4v) is 6.14. The van der Waals surface area contributed by atoms with E-state index in [2.05, 4.69) is 11.9 Å². The van der Waals surface area contributed by atoms with Gasteiger partial charge in [0.1, 0.15) is 29.5 Å². The molecule has 0 radical (unpaired) electrons. The Morgan fingerprint density at radius 3 is 2.39 bits per heavy atom. The number of fused-ring (bicyclic) bond motifs is 1. The molecule has 0 amide bonds. The third-order valence-corrected chi connectivity index (χ3v) is 8.84. The molecule has 0 saturated carbocycles. The Hall–Kier alpha value is -2.93. The molecule has 3 N–H and O–H groups in total. The highest BCUT2D eigenvalue weighted by Gasteiger charge is 2.39. The molecule has 2 heterocycles. The van der Waals surface area contributed by atoms with Gasteiger partial charge in [0.15, 0.2) is 0 Å². The Labute approximate surface area is 229 Å². The molecular formula is C31H41NO5S. The zero-order valence-corrected chi connectivity index (χ0v) is 23.9. The van der Waals surface area contributed by atoms with Crippen molar-refractivity contribution in [2.24, 2.45) is 0 Å². The number of H-pyrrole nitrogens is 1. The van der Waals surface area contributed by atoms with Gasteiger partial charge in [0.05, 0.1) is 4.88 Å². The minimum Gasteiger partial charge on any atom is -0.507 e. The summed E-state index contributed by atoms with van der Waals surface area (Å²) in [5.41, 5.74) is 4.51. The molecule has 1 unspecified atom stereocenters. The van der Waals surface area contributed by atoms with E-state index in [-0.39, 0.29) is 10.8 Å². The predicted molar refractivity (Wildman–Crippen MR) is 153 cm³/mol. The lowest BCUT2D eigenvalue weighted by Crippen LogP contribution is -2.45. The van der Waals surface area contributed by atoms with Crippen LogP contribution in [-0.2, 0) is 12.8 Å². The molecule has 7 heteroatoms. The van der Waals surface area contributed by atoms with E-state index < -0.39 is 5.60 Å². The van der Waals surface area contributed by atoms with Crippen LogP contribution in [0, 0.1) is 20.8 Å². The molecule has 0 saturated heterocycles. The summed E-state index contributed by atoms with van der Waals surface area (Å²) < 4.78 is 13.2. The second-order valence-electron chi connectivity index (χ2n) is 10.7. The monoisotopic (exact) mass is 539 g/mol. The predicted octanol–water partition coefficient (Wildman–Crippen LogP) is 7.26. The highest BCUT2D eigenvalue weighted by molar-refractivity contribution is 7.09. The van der Waals surface area contributed by atoms with E-state index in [1.54, 1.807) is 0 Å². The normalized spacial score (nSPS) is 16.7. The van der Waals surface area contributed by atoms with Crippen molar-refractivity contribution in [1.29, 1.82) is 0 Å². The molecule has 0 spiro atoms. The number of nitrogens with one attached hydrogen (secondary N) is 1. The van der Waals surface area contributed by atoms with E-state index >= 15 is 0 Å². The lowest BCUT2D eigenvalue weighted by Gasteiger charge is -2.40. The van der Waals surface area contributed by atoms with E-state index in [1.807, 2.05) is 45.0 Å². The van der Waals surface area contributed by atoms with Crippen molar-refractivity contribution in [3.63, 3.8) is 0 Å². The SMILES string of the molecule is CCCCCCCCC1(COc2ccc(Cc3sc(=O)[nH]c3O)cc2)CCc2c(C)c(O)c(C)c(C)c2O1. The van der Waals surface area contributed by atoms with Gasteiger partial charge < -0.3 is 19.7 Å². The number of unbranched alkanes of at least 4 members (excludes halogenated alkanes) is 5. The van der Waals surface area contributed by atoms with E-state index in [0.29, 0.717) is 23.7 Å². The van der Waals surface area contributed by atoms with Gasteiger partial charge in [-0.15, -0.1) is 0 Å². The fourth-order valence-electron chi connectivity index (χ4n) is 5.38. The number of aromatic amines is 1. The Morgan fingerprint density at radius 2 is 1.71 bits per heavy atom. The van der Waals surface area contributed by atoms with Crippen LogP contribution in [0.3, 0.4) is 0 Å². The molecule has 1 aromatic heterocycles. The Balaban J connectivity index is 1.48. The summed E-state index contributed by atoms with van der Waals surface area (Å²) in [7, 11) is 0. The minimum absolute atomic E-state index is 0.0548. The highest BCUT2D eigenvalue weighted by atomic mass is 32.1. The molecule has 0 fully saturated rings. The molecule has 0 aliphatic carbocycles. The number of aromatic hydroxyl groups is 2. The van der Waals surface area contributed by atoms with Crippen LogP contribution in [0.1, 0.15) is 91.0 Å². The standard InChI is InChI=1S/C31H41NO5S/c1-5-6-7-8-9-10-16-31(17-15-25-22(4)27(33)20(2)21(3)28(25)37-31)19-36-24-13-11-23(12-14-24)18-26-29(34)32-30(35)38-26/h11-14,33-34H,5-10,15-19H2,1-4H3,(H,32,35). The van der Waals surface area contributed by atoms with Crippen molar-refractivity contribution >= 4 is 11.3 Å². The summed E-state index contributed by atoms with van der Waals surface area (Å²) in [4.78, 5) is 14.3. The van der Waals surface area contributed by atoms with Crippen LogP contribution in [0.5, 0.6) is 23.1 Å². The summed E-state index contributed by atoms with van der Waals surface area (Å²) in [6.45, 7) is 8.67. The summed E-state index contributed by atoms with van der Waals surface area (Å²) >= 11 is 1.03. The van der Waals surface area contributed by atoms with Gasteiger partial charge in [-0.1, -0.05) is 62.5 Å². The molecule has 4 rings (SSSR count). The molecule has 206 valence electrons. The van der Waals surface area contributed by atoms with Gasteiger partial charge >= 0.3 is 4.87 Å². The lowest BCUT2D eigenvalue weighted by atomic mass is 9.83. The van der Waals surface area contributed by atoms with Crippen LogP contribution in [0.4, 0.5) is 0 Å². The first kappa shape index (κ1) is 28.1. The smallest absolute Gasteiger partial charge is 0.307 e. The summed E-state index contributed by atoms with van der Waals surface area (Å²) in [6, 6.07) is 7.81. The average molecular weight is 540 g/mol. The maximum atomic E-state index is 11.5. The quantitative estimate of drug-likeness (QED) is 0.211. The van der Waals surface area contributed by atoms with Crippen molar-refractivity contribution in [2.75, 3.05) is 6.61 Å². The number of benzene rings is 2. The fraction of sp³-hybridized carbons (Fsp3) is 0.516. The first-order chi connectivity index (χ1) is 18.2. The minimum atomic E-state index is -0.417. The van der Waals surface area contributed by atoms with Gasteiger partial charge in [0.2, 0.25) is 5.88 Å². The van der Waals surface area contributed by atoms with Crippen molar-refractivity contribution in [1.82, 2.24) is 4.98 Å². The molecule has 0 bridgehead atoms. The number of phenolic OH excluding ortho intramolecular Hbond substituents is 1. The summed E-state index contributed by atoms with van der Waals surface area (Å²) in [5, 5.41) is 20.5. The van der Waals surface area contributed by atoms with E-state index in [0.717, 1.165) is 76.3 Å². The van der Waals surface area contributed by atoms with Gasteiger partial charge in [0, 0.05) is 12.0 Å². The molecule has 1 atom stereocenters. The maximum absolute atomic E-state index is 11.5. The number of rotatable bonds is 12. The van der Waals surface area contributed by atoms with E-state index in [4.69, 9.17) is 9.47 Å². The van der Waals surface area contributed by atoms with E-state index in [9.17, 15) is 15.0 Å². The van der Waals surface area contributed by atoms with Crippen LogP contribution in [-0.4, -0.2) is 27.4 Å². The first-order valence-corrected chi connectivity index (χ1v) is 14.7. The topological polar surface area (TPSA) is 91.8 Å². The van der Waals surface area contributed by atoms with Crippen LogP contribution in [0.2, 0.25) is 0 Å². The van der Waals surface area contributed by atoms with Crippen molar-refractivity contribution in [3.05, 3.63) is 66.6 Å².